The minimum absolute atomic E-state index is 0.00823. The van der Waals surface area contributed by atoms with Gasteiger partial charge in [-0.15, -0.1) is 0 Å². The van der Waals surface area contributed by atoms with E-state index in [1.54, 1.807) is 70.7 Å². The number of carbonyl (C=O) groups excluding carboxylic acids is 2. The normalized spacial score (nSPS) is 14.7. The minimum Gasteiger partial charge on any atom is -0.494 e. The molecule has 0 spiro atoms. The van der Waals surface area contributed by atoms with Crippen molar-refractivity contribution >= 4 is 40.7 Å². The Balaban J connectivity index is 1.42. The Hall–Kier alpha value is -3.97. The van der Waals surface area contributed by atoms with Gasteiger partial charge < -0.3 is 23.8 Å². The van der Waals surface area contributed by atoms with Crippen LogP contribution in [0.15, 0.2) is 42.5 Å². The number of hydrogen-bond acceptors (Lipinski definition) is 9. The molecule has 0 aliphatic carbocycles. The van der Waals surface area contributed by atoms with E-state index in [1.165, 1.54) is 12.1 Å². The molecule has 0 atom stereocenters. The van der Waals surface area contributed by atoms with Crippen molar-refractivity contribution in [2.45, 2.75) is 65.3 Å². The number of nitriles is 1. The number of anilines is 2. The Morgan fingerprint density at radius 3 is 2.15 bits per heavy atom. The number of ether oxygens (including phenoxy) is 4. The molecule has 1 fully saturated rings. The van der Waals surface area contributed by atoms with Gasteiger partial charge in [-0.1, -0.05) is 0 Å². The van der Waals surface area contributed by atoms with E-state index in [1.807, 2.05) is 0 Å². The fraction of sp³-hybridized carbons (Fsp3) is 0.515. The second kappa shape index (κ2) is 16.4. The van der Waals surface area contributed by atoms with Crippen LogP contribution in [0.1, 0.15) is 59.1 Å². The lowest BCUT2D eigenvalue weighted by atomic mass is 10.0. The Kier molecular flexibility index (Phi) is 13.2. The zero-order valence-electron chi connectivity index (χ0n) is 27.9. The zero-order valence-corrected chi connectivity index (χ0v) is 28.7. The quantitative estimate of drug-likeness (QED) is 0.117. The van der Waals surface area contributed by atoms with Gasteiger partial charge in [0.05, 0.1) is 55.9 Å². The molecule has 0 aromatic heterocycles. The topological polar surface area (TPSA) is 114 Å². The number of nitrogens with zero attached hydrogens (tertiary/aromatic N) is 4. The fourth-order valence-electron chi connectivity index (χ4n) is 4.62. The lowest BCUT2D eigenvalue weighted by Gasteiger charge is -2.29. The average Bonchev–Trinajstić information content (AvgIpc) is 3.18. The molecule has 3 rings (SSSR count). The number of thiocarbonyl (C=S) groups is 1. The maximum atomic E-state index is 13.6. The molecule has 2 amide bonds. The molecule has 48 heavy (non-hydrogen) atoms. The first-order valence-corrected chi connectivity index (χ1v) is 15.7. The highest BCUT2D eigenvalue weighted by molar-refractivity contribution is 7.81. The van der Waals surface area contributed by atoms with E-state index >= 15 is 0 Å². The smallest absolute Gasteiger partial charge is 0.434 e. The van der Waals surface area contributed by atoms with E-state index in [0.717, 1.165) is 22.1 Å². The Morgan fingerprint density at radius 2 is 1.56 bits per heavy atom. The Morgan fingerprint density at radius 1 is 0.958 bits per heavy atom. The van der Waals surface area contributed by atoms with E-state index in [9.17, 15) is 22.8 Å². The van der Waals surface area contributed by atoms with Crippen LogP contribution in [0.5, 0.6) is 5.75 Å². The van der Waals surface area contributed by atoms with Crippen LogP contribution in [0, 0.1) is 11.3 Å². The maximum absolute atomic E-state index is 13.6. The number of rotatable bonds is 15. The van der Waals surface area contributed by atoms with Crippen molar-refractivity contribution in [2.24, 2.45) is 0 Å². The molecular weight excluding hydrogens is 653 g/mol. The minimum atomic E-state index is -4.78. The van der Waals surface area contributed by atoms with Crippen LogP contribution in [0.25, 0.3) is 0 Å². The van der Waals surface area contributed by atoms with Crippen molar-refractivity contribution in [3.63, 3.8) is 0 Å². The lowest BCUT2D eigenvalue weighted by Crippen LogP contribution is -2.44. The molecule has 2 aromatic rings. The summed E-state index contributed by atoms with van der Waals surface area (Å²) in [4.78, 5) is 33.5. The number of halogens is 3. The van der Waals surface area contributed by atoms with Gasteiger partial charge in [-0.2, -0.15) is 23.5 Å². The maximum Gasteiger partial charge on any atom is 0.434 e. The summed E-state index contributed by atoms with van der Waals surface area (Å²) < 4.78 is 62.9. The highest BCUT2D eigenvalue weighted by Gasteiger charge is 2.50. The van der Waals surface area contributed by atoms with Gasteiger partial charge in [0.25, 0.3) is 5.91 Å². The van der Waals surface area contributed by atoms with Crippen molar-refractivity contribution in [3.8, 4) is 11.8 Å². The second-order valence-corrected chi connectivity index (χ2v) is 12.5. The summed E-state index contributed by atoms with van der Waals surface area (Å²) in [6.07, 6.45) is -4.72. The highest BCUT2D eigenvalue weighted by Crippen LogP contribution is 2.40. The third-order valence-electron chi connectivity index (χ3n) is 6.88. The van der Waals surface area contributed by atoms with Gasteiger partial charge in [-0.3, -0.25) is 14.5 Å². The fourth-order valence-corrected chi connectivity index (χ4v) is 5.14. The standard InChI is InChI=1S/C33H41F3N4O7S/c1-7-38(30(42)47-31(2,3)4)46-20-19-44-18-17-43-15-8-16-45-26-13-11-24(12-14-26)40-29(48)39(28(41)32(40,5)6)25-10-9-23(22-37)27(21-25)33(34,35)36/h9-14,21H,7-8,15-20H2,1-6H3. The average molecular weight is 695 g/mol. The molecule has 11 nitrogen and oxygen atoms in total. The molecule has 2 aromatic carbocycles. The number of benzene rings is 2. The monoisotopic (exact) mass is 694 g/mol. The Labute approximate surface area is 284 Å². The molecule has 0 bridgehead atoms. The van der Waals surface area contributed by atoms with Gasteiger partial charge in [0.15, 0.2) is 5.11 Å². The number of hydrogen-bond donors (Lipinski definition) is 0. The largest absolute Gasteiger partial charge is 0.494 e. The van der Waals surface area contributed by atoms with Crippen LogP contribution < -0.4 is 14.5 Å². The van der Waals surface area contributed by atoms with Crippen LogP contribution >= 0.6 is 12.2 Å². The van der Waals surface area contributed by atoms with E-state index in [0.29, 0.717) is 50.8 Å². The van der Waals surface area contributed by atoms with Gasteiger partial charge in [0, 0.05) is 25.3 Å². The number of alkyl halides is 3. The van der Waals surface area contributed by atoms with E-state index in [-0.39, 0.29) is 24.0 Å². The second-order valence-electron chi connectivity index (χ2n) is 12.1. The summed E-state index contributed by atoms with van der Waals surface area (Å²) in [5.74, 6) is 0.0633. The molecule has 0 unspecified atom stereocenters. The van der Waals surface area contributed by atoms with Gasteiger partial charge in [0.1, 0.15) is 16.9 Å². The first-order valence-electron chi connectivity index (χ1n) is 15.3. The van der Waals surface area contributed by atoms with Crippen molar-refractivity contribution in [3.05, 3.63) is 53.6 Å². The Bertz CT molecular complexity index is 1470. The van der Waals surface area contributed by atoms with Crippen LogP contribution in [-0.2, 0) is 30.0 Å². The SMILES string of the molecule is CCN(OCCOCCOCCCOc1ccc(N2C(=S)N(c3ccc(C#N)c(C(F)(F)F)c3)C(=O)C2(C)C)cc1)C(=O)OC(C)(C)C. The third kappa shape index (κ3) is 10.0. The van der Waals surface area contributed by atoms with Crippen molar-refractivity contribution in [1.82, 2.24) is 5.06 Å². The van der Waals surface area contributed by atoms with Crippen LogP contribution in [0.2, 0.25) is 0 Å². The molecule has 15 heteroatoms. The van der Waals surface area contributed by atoms with Crippen LogP contribution in [0.4, 0.5) is 29.3 Å². The molecule has 1 aliphatic rings. The van der Waals surface area contributed by atoms with E-state index < -0.39 is 40.4 Å². The summed E-state index contributed by atoms with van der Waals surface area (Å²) in [7, 11) is 0. The van der Waals surface area contributed by atoms with Gasteiger partial charge in [0.2, 0.25) is 0 Å². The summed E-state index contributed by atoms with van der Waals surface area (Å²) in [5.41, 5.74) is -3.02. The van der Waals surface area contributed by atoms with E-state index in [2.05, 4.69) is 0 Å². The summed E-state index contributed by atoms with van der Waals surface area (Å²) in [6.45, 7) is 12.7. The predicted molar refractivity (Wildman–Crippen MR) is 176 cm³/mol. The molecule has 1 aliphatic heterocycles. The first-order chi connectivity index (χ1) is 22.5. The zero-order chi connectivity index (χ0) is 35.7. The van der Waals surface area contributed by atoms with Crippen molar-refractivity contribution in [1.29, 1.82) is 5.26 Å². The molecule has 1 saturated heterocycles. The molecule has 0 N–H and O–H groups in total. The predicted octanol–water partition coefficient (Wildman–Crippen LogP) is 6.48. The van der Waals surface area contributed by atoms with E-state index in [4.69, 9.17) is 41.3 Å². The third-order valence-corrected chi connectivity index (χ3v) is 7.25. The van der Waals surface area contributed by atoms with Crippen molar-refractivity contribution in [2.75, 3.05) is 56.0 Å². The molecule has 0 saturated carbocycles. The van der Waals surface area contributed by atoms with Gasteiger partial charge >= 0.3 is 12.3 Å². The first kappa shape index (κ1) is 38.5. The van der Waals surface area contributed by atoms with Crippen molar-refractivity contribution < 1.29 is 46.5 Å². The number of amides is 2. The summed E-state index contributed by atoms with van der Waals surface area (Å²) in [5, 5.41) is 10.3. The van der Waals surface area contributed by atoms with Gasteiger partial charge in [-0.25, -0.2) is 4.79 Å². The molecule has 262 valence electrons. The van der Waals surface area contributed by atoms with Crippen LogP contribution in [-0.4, -0.2) is 79.5 Å². The van der Waals surface area contributed by atoms with Gasteiger partial charge in [-0.05, 0) is 96.2 Å². The number of hydroxylamine groups is 2. The molecule has 0 radical (unpaired) electrons. The summed E-state index contributed by atoms with van der Waals surface area (Å²) >= 11 is 5.58. The van der Waals surface area contributed by atoms with Crippen LogP contribution in [0.3, 0.4) is 0 Å². The lowest BCUT2D eigenvalue weighted by molar-refractivity contribution is -0.155. The molecular formula is C33H41F3N4O7S. The highest BCUT2D eigenvalue weighted by atomic mass is 32.1. The molecule has 1 heterocycles. The summed E-state index contributed by atoms with van der Waals surface area (Å²) in [6, 6.07) is 11.5. The number of carbonyl (C=O) groups is 2.